The molecular weight excluding hydrogens is 364 g/mol. The zero-order chi connectivity index (χ0) is 17.3. The summed E-state index contributed by atoms with van der Waals surface area (Å²) in [5, 5.41) is 4.63. The van der Waals surface area contributed by atoms with Crippen molar-refractivity contribution in [1.29, 1.82) is 0 Å². The van der Waals surface area contributed by atoms with Gasteiger partial charge in [-0.3, -0.25) is 0 Å². The molecule has 26 heavy (non-hydrogen) atoms. The second-order valence-corrected chi connectivity index (χ2v) is 8.22. The van der Waals surface area contributed by atoms with E-state index in [1.807, 2.05) is 0 Å². The predicted octanol–water partition coefficient (Wildman–Crippen LogP) is 7.28. The first-order valence-electron chi connectivity index (χ1n) is 8.21. The molecular formula is C21H12O3S2. The monoisotopic (exact) mass is 376 g/mol. The molecule has 0 radical (unpaired) electrons. The summed E-state index contributed by atoms with van der Waals surface area (Å²) in [4.78, 5) is 1.86. The Balaban J connectivity index is 1.55. The first-order valence-corrected chi connectivity index (χ1v) is 9.84. The van der Waals surface area contributed by atoms with Crippen LogP contribution >= 0.6 is 22.7 Å². The third-order valence-corrected chi connectivity index (χ3v) is 6.87. The molecule has 0 saturated heterocycles. The van der Waals surface area contributed by atoms with E-state index < -0.39 is 0 Å². The van der Waals surface area contributed by atoms with Gasteiger partial charge in [0.25, 0.3) is 0 Å². The minimum atomic E-state index is 0.781. The van der Waals surface area contributed by atoms with Gasteiger partial charge in [0.05, 0.1) is 12.5 Å². The largest absolute Gasteiger partial charge is 0.493 e. The Labute approximate surface area is 156 Å². The molecule has 6 rings (SSSR count). The molecule has 6 aromatic rings. The van der Waals surface area contributed by atoms with Crippen molar-refractivity contribution in [1.82, 2.24) is 0 Å². The van der Waals surface area contributed by atoms with Gasteiger partial charge >= 0.3 is 0 Å². The highest BCUT2D eigenvalue weighted by molar-refractivity contribution is 7.25. The molecule has 0 aliphatic rings. The maximum Gasteiger partial charge on any atom is 0.192 e. The summed E-state index contributed by atoms with van der Waals surface area (Å²) in [6.07, 6.45) is 1.67. The molecule has 0 N–H and O–H groups in total. The third-order valence-electron chi connectivity index (χ3n) is 4.76. The van der Waals surface area contributed by atoms with Crippen LogP contribution in [0.2, 0.25) is 0 Å². The van der Waals surface area contributed by atoms with E-state index in [2.05, 4.69) is 48.5 Å². The van der Waals surface area contributed by atoms with Crippen molar-refractivity contribution in [2.45, 2.75) is 0 Å². The highest BCUT2D eigenvalue weighted by Gasteiger charge is 2.16. The van der Waals surface area contributed by atoms with Crippen molar-refractivity contribution in [2.75, 3.05) is 7.11 Å². The summed E-state index contributed by atoms with van der Waals surface area (Å²) in [5.41, 5.74) is 1.08. The molecule has 0 fully saturated rings. The van der Waals surface area contributed by atoms with Gasteiger partial charge in [-0.15, -0.1) is 0 Å². The molecule has 3 nitrogen and oxygen atoms in total. The van der Waals surface area contributed by atoms with Crippen LogP contribution in [0, 0.1) is 0 Å². The first kappa shape index (κ1) is 14.4. The minimum absolute atomic E-state index is 0.781. The molecule has 0 unspecified atom stereocenters. The molecule has 0 aliphatic heterocycles. The van der Waals surface area contributed by atoms with Crippen LogP contribution in [0.15, 0.2) is 63.6 Å². The third kappa shape index (κ3) is 1.87. The molecule has 4 aromatic heterocycles. The number of thiophene rings is 2. The fourth-order valence-electron chi connectivity index (χ4n) is 3.52. The Hall–Kier alpha value is -2.76. The van der Waals surface area contributed by atoms with Crippen molar-refractivity contribution in [3.63, 3.8) is 0 Å². The van der Waals surface area contributed by atoms with E-state index in [4.69, 9.17) is 13.6 Å². The van der Waals surface area contributed by atoms with E-state index in [1.165, 1.54) is 20.2 Å². The van der Waals surface area contributed by atoms with Crippen molar-refractivity contribution >= 4 is 63.4 Å². The summed E-state index contributed by atoms with van der Waals surface area (Å²) in [7, 11) is 1.67. The van der Waals surface area contributed by atoms with Gasteiger partial charge in [-0.05, 0) is 18.2 Å². The summed E-state index contributed by atoms with van der Waals surface area (Å²) in [6.45, 7) is 0. The van der Waals surface area contributed by atoms with Crippen molar-refractivity contribution in [3.05, 3.63) is 54.8 Å². The average molecular weight is 376 g/mol. The smallest absolute Gasteiger partial charge is 0.192 e. The predicted molar refractivity (Wildman–Crippen MR) is 109 cm³/mol. The van der Waals surface area contributed by atoms with Crippen LogP contribution in [-0.4, -0.2) is 7.11 Å². The quantitative estimate of drug-likeness (QED) is 0.318. The molecule has 126 valence electrons. The molecule has 0 bridgehead atoms. The minimum Gasteiger partial charge on any atom is -0.493 e. The number of benzene rings is 2. The van der Waals surface area contributed by atoms with E-state index in [1.54, 1.807) is 36.0 Å². The molecule has 4 heterocycles. The van der Waals surface area contributed by atoms with Gasteiger partial charge in [0.2, 0.25) is 0 Å². The SMILES string of the molecule is COc1coc2sc3cc(-c4cc5c(o4)sc4ccccc45)ccc3c12. The number of rotatable bonds is 2. The maximum absolute atomic E-state index is 6.16. The Morgan fingerprint density at radius 2 is 1.73 bits per heavy atom. The van der Waals surface area contributed by atoms with Gasteiger partial charge in [0.15, 0.2) is 15.5 Å². The van der Waals surface area contributed by atoms with Gasteiger partial charge < -0.3 is 13.6 Å². The Morgan fingerprint density at radius 1 is 0.846 bits per heavy atom. The Bertz CT molecular complexity index is 1430. The fourth-order valence-corrected chi connectivity index (χ4v) is 5.64. The molecule has 0 atom stereocenters. The Morgan fingerprint density at radius 3 is 2.65 bits per heavy atom. The van der Waals surface area contributed by atoms with E-state index in [0.29, 0.717) is 0 Å². The topological polar surface area (TPSA) is 35.5 Å². The molecule has 5 heteroatoms. The number of hydrogen-bond donors (Lipinski definition) is 0. The number of fused-ring (bicyclic) bond motifs is 6. The van der Waals surface area contributed by atoms with E-state index in [0.717, 1.165) is 37.6 Å². The van der Waals surface area contributed by atoms with Gasteiger partial charge in [-0.2, -0.15) is 0 Å². The highest BCUT2D eigenvalue weighted by atomic mass is 32.1. The standard InChI is InChI=1S/C21H12O3S2/c1-22-16-10-23-21-19(16)13-7-6-11(8-18(13)26-21)15-9-14-12-4-2-3-5-17(12)25-20(14)24-15/h2-10H,1H3. The molecule has 0 saturated carbocycles. The maximum atomic E-state index is 6.16. The second kappa shape index (κ2) is 5.13. The first-order chi connectivity index (χ1) is 12.8. The van der Waals surface area contributed by atoms with Gasteiger partial charge in [0.1, 0.15) is 12.0 Å². The van der Waals surface area contributed by atoms with Crippen LogP contribution < -0.4 is 4.74 Å². The van der Waals surface area contributed by atoms with Crippen LogP contribution in [-0.2, 0) is 0 Å². The van der Waals surface area contributed by atoms with Crippen LogP contribution in [0.5, 0.6) is 5.75 Å². The van der Waals surface area contributed by atoms with Gasteiger partial charge in [0, 0.05) is 31.1 Å². The van der Waals surface area contributed by atoms with Gasteiger partial charge in [-0.1, -0.05) is 53.0 Å². The zero-order valence-corrected chi connectivity index (χ0v) is 15.4. The van der Waals surface area contributed by atoms with Gasteiger partial charge in [-0.25, -0.2) is 0 Å². The Kier molecular flexibility index (Phi) is 2.84. The molecule has 0 amide bonds. The molecule has 0 spiro atoms. The lowest BCUT2D eigenvalue weighted by Crippen LogP contribution is -1.78. The van der Waals surface area contributed by atoms with Crippen LogP contribution in [0.25, 0.3) is 52.1 Å². The second-order valence-electron chi connectivity index (χ2n) is 6.19. The van der Waals surface area contributed by atoms with Crippen LogP contribution in [0.4, 0.5) is 0 Å². The summed E-state index contributed by atoms with van der Waals surface area (Å²) in [6, 6.07) is 17.0. The summed E-state index contributed by atoms with van der Waals surface area (Å²) >= 11 is 3.33. The molecule has 2 aromatic carbocycles. The number of ether oxygens (including phenoxy) is 1. The van der Waals surface area contributed by atoms with E-state index >= 15 is 0 Å². The van der Waals surface area contributed by atoms with E-state index in [9.17, 15) is 0 Å². The summed E-state index contributed by atoms with van der Waals surface area (Å²) in [5.74, 6) is 1.68. The number of methoxy groups -OCH3 is 1. The summed E-state index contributed by atoms with van der Waals surface area (Å²) < 4.78 is 19.6. The zero-order valence-electron chi connectivity index (χ0n) is 13.7. The number of hydrogen-bond acceptors (Lipinski definition) is 5. The normalized spacial score (nSPS) is 12.0. The average Bonchev–Trinajstić information content (AvgIpc) is 3.39. The molecule has 0 aliphatic carbocycles. The van der Waals surface area contributed by atoms with Crippen molar-refractivity contribution in [3.8, 4) is 17.1 Å². The van der Waals surface area contributed by atoms with E-state index in [-0.39, 0.29) is 0 Å². The lowest BCUT2D eigenvalue weighted by atomic mass is 10.1. The lowest BCUT2D eigenvalue weighted by Gasteiger charge is -1.98. The van der Waals surface area contributed by atoms with Crippen molar-refractivity contribution < 1.29 is 13.6 Å². The van der Waals surface area contributed by atoms with Crippen LogP contribution in [0.1, 0.15) is 0 Å². The highest BCUT2D eigenvalue weighted by Crippen LogP contribution is 2.43. The van der Waals surface area contributed by atoms with Crippen molar-refractivity contribution in [2.24, 2.45) is 0 Å². The number of furan rings is 2. The van der Waals surface area contributed by atoms with Crippen LogP contribution in [0.3, 0.4) is 0 Å². The fraction of sp³-hybridized carbons (Fsp3) is 0.0476. The lowest BCUT2D eigenvalue weighted by molar-refractivity contribution is 0.410.